The zero-order valence-electron chi connectivity index (χ0n) is 13.1. The van der Waals surface area contributed by atoms with Crippen LogP contribution in [0.2, 0.25) is 0 Å². The van der Waals surface area contributed by atoms with Gasteiger partial charge in [0.25, 0.3) is 0 Å². The van der Waals surface area contributed by atoms with Gasteiger partial charge in [-0.05, 0) is 44.4 Å². The van der Waals surface area contributed by atoms with Crippen molar-refractivity contribution in [3.8, 4) is 0 Å². The number of nitrogens with zero attached hydrogens (tertiary/aromatic N) is 2. The minimum absolute atomic E-state index is 0.0504. The van der Waals surface area contributed by atoms with Gasteiger partial charge in [-0.15, -0.1) is 0 Å². The molecule has 5 nitrogen and oxygen atoms in total. The fourth-order valence-electron chi connectivity index (χ4n) is 3.28. The van der Waals surface area contributed by atoms with E-state index < -0.39 is 5.97 Å². The zero-order chi connectivity index (χ0) is 15.9. The van der Waals surface area contributed by atoms with Crippen molar-refractivity contribution in [3.05, 3.63) is 29.8 Å². The van der Waals surface area contributed by atoms with Crippen molar-refractivity contribution in [1.82, 2.24) is 4.90 Å². The van der Waals surface area contributed by atoms with E-state index in [0.29, 0.717) is 6.54 Å². The molecule has 5 heteroatoms. The average Bonchev–Trinajstić information content (AvgIpc) is 3.12. The highest BCUT2D eigenvalue weighted by atomic mass is 16.4. The van der Waals surface area contributed by atoms with Crippen molar-refractivity contribution in [2.45, 2.75) is 44.6 Å². The largest absolute Gasteiger partial charge is 0.481 e. The van der Waals surface area contributed by atoms with E-state index in [2.05, 4.69) is 0 Å². The van der Waals surface area contributed by atoms with Gasteiger partial charge in [-0.2, -0.15) is 0 Å². The number of carbonyl (C=O) groups excluding carboxylic acids is 1. The molecular formula is C17H22N2O3. The molecule has 0 spiro atoms. The normalized spacial score (nSPS) is 19.9. The van der Waals surface area contributed by atoms with Crippen LogP contribution in [0.4, 0.5) is 10.5 Å². The molecule has 1 aromatic carbocycles. The second-order valence-corrected chi connectivity index (χ2v) is 6.62. The molecule has 1 saturated carbocycles. The van der Waals surface area contributed by atoms with Gasteiger partial charge < -0.3 is 10.0 Å². The molecule has 0 radical (unpaired) electrons. The molecule has 1 aliphatic heterocycles. The number of carboxylic acids is 1. The van der Waals surface area contributed by atoms with E-state index in [9.17, 15) is 9.59 Å². The van der Waals surface area contributed by atoms with Gasteiger partial charge in [-0.25, -0.2) is 4.79 Å². The van der Waals surface area contributed by atoms with Crippen molar-refractivity contribution >= 4 is 17.7 Å². The van der Waals surface area contributed by atoms with Crippen molar-refractivity contribution in [2.24, 2.45) is 0 Å². The smallest absolute Gasteiger partial charge is 0.324 e. The van der Waals surface area contributed by atoms with Gasteiger partial charge >= 0.3 is 12.0 Å². The van der Waals surface area contributed by atoms with Crippen molar-refractivity contribution in [3.63, 3.8) is 0 Å². The Bertz CT molecular complexity index is 590. The molecule has 118 valence electrons. The van der Waals surface area contributed by atoms with E-state index in [4.69, 9.17) is 5.11 Å². The summed E-state index contributed by atoms with van der Waals surface area (Å²) in [6.45, 7) is 5.50. The number of benzene rings is 1. The summed E-state index contributed by atoms with van der Waals surface area (Å²) in [4.78, 5) is 27.0. The Morgan fingerprint density at radius 1 is 1.23 bits per heavy atom. The van der Waals surface area contributed by atoms with Crippen LogP contribution < -0.4 is 4.90 Å². The molecule has 1 aliphatic carbocycles. The number of hydrogen-bond donors (Lipinski definition) is 1. The van der Waals surface area contributed by atoms with Crippen LogP contribution in [0.3, 0.4) is 0 Å². The minimum atomic E-state index is -0.746. The van der Waals surface area contributed by atoms with Crippen LogP contribution in [-0.2, 0) is 10.2 Å². The van der Waals surface area contributed by atoms with Crippen molar-refractivity contribution < 1.29 is 14.7 Å². The second kappa shape index (κ2) is 5.30. The Morgan fingerprint density at radius 3 is 2.32 bits per heavy atom. The summed E-state index contributed by atoms with van der Waals surface area (Å²) in [5.74, 6) is -0.746. The Hall–Kier alpha value is -2.04. The zero-order valence-corrected chi connectivity index (χ0v) is 13.1. The fourth-order valence-corrected chi connectivity index (χ4v) is 3.28. The summed E-state index contributed by atoms with van der Waals surface area (Å²) in [6.07, 6.45) is 2.06. The lowest BCUT2D eigenvalue weighted by Crippen LogP contribution is -2.36. The minimum Gasteiger partial charge on any atom is -0.481 e. The predicted molar refractivity (Wildman–Crippen MR) is 84.2 cm³/mol. The molecule has 1 saturated heterocycles. The maximum absolute atomic E-state index is 12.4. The maximum Gasteiger partial charge on any atom is 0.324 e. The lowest BCUT2D eigenvalue weighted by molar-refractivity contribution is -0.137. The molecule has 0 unspecified atom stereocenters. The van der Waals surface area contributed by atoms with Gasteiger partial charge in [-0.3, -0.25) is 9.69 Å². The first-order chi connectivity index (χ1) is 10.4. The van der Waals surface area contributed by atoms with Crippen LogP contribution in [-0.4, -0.2) is 41.1 Å². The van der Waals surface area contributed by atoms with Crippen LogP contribution in [0, 0.1) is 0 Å². The molecular weight excluding hydrogens is 280 g/mol. The Kier molecular flexibility index (Phi) is 3.59. The molecule has 1 N–H and O–H groups in total. The monoisotopic (exact) mass is 302 g/mol. The number of urea groups is 1. The Balaban J connectivity index is 1.76. The van der Waals surface area contributed by atoms with Crippen molar-refractivity contribution in [2.75, 3.05) is 18.0 Å². The van der Waals surface area contributed by atoms with Gasteiger partial charge in [0.05, 0.1) is 6.42 Å². The summed E-state index contributed by atoms with van der Waals surface area (Å²) in [6, 6.07) is 8.11. The van der Waals surface area contributed by atoms with Gasteiger partial charge in [0.1, 0.15) is 0 Å². The highest BCUT2D eigenvalue weighted by Crippen LogP contribution is 2.51. The molecule has 0 atom stereocenters. The Morgan fingerprint density at radius 2 is 1.86 bits per heavy atom. The lowest BCUT2D eigenvalue weighted by atomic mass is 9.92. The third kappa shape index (κ3) is 2.56. The first kappa shape index (κ1) is 14.9. The number of carbonyl (C=O) groups is 2. The van der Waals surface area contributed by atoms with Gasteiger partial charge in [0, 0.05) is 30.2 Å². The third-order valence-corrected chi connectivity index (χ3v) is 4.80. The summed E-state index contributed by atoms with van der Waals surface area (Å²) in [5, 5.41) is 9.04. The van der Waals surface area contributed by atoms with Gasteiger partial charge in [-0.1, -0.05) is 12.1 Å². The molecule has 0 bridgehead atoms. The van der Waals surface area contributed by atoms with E-state index in [1.807, 2.05) is 43.0 Å². The van der Waals surface area contributed by atoms with E-state index in [1.54, 1.807) is 4.90 Å². The lowest BCUT2D eigenvalue weighted by Gasteiger charge is -2.22. The molecule has 3 rings (SSSR count). The summed E-state index contributed by atoms with van der Waals surface area (Å²) < 4.78 is 0. The van der Waals surface area contributed by atoms with Gasteiger partial charge in [0.15, 0.2) is 0 Å². The van der Waals surface area contributed by atoms with Crippen LogP contribution in [0.25, 0.3) is 0 Å². The van der Waals surface area contributed by atoms with E-state index in [-0.39, 0.29) is 23.9 Å². The van der Waals surface area contributed by atoms with E-state index in [1.165, 1.54) is 0 Å². The standard InChI is InChI=1S/C17H22N2O3/c1-12(2)18-9-10-19(16(18)22)14-5-3-13(4-6-14)17(7-8-17)11-15(20)21/h3-6,12H,7-11H2,1-2H3,(H,20,21). The Labute approximate surface area is 130 Å². The molecule has 1 aromatic rings. The highest BCUT2D eigenvalue weighted by Gasteiger charge is 2.46. The summed E-state index contributed by atoms with van der Waals surface area (Å²) in [7, 11) is 0. The van der Waals surface area contributed by atoms with Crippen molar-refractivity contribution in [1.29, 1.82) is 0 Å². The first-order valence-corrected chi connectivity index (χ1v) is 7.83. The topological polar surface area (TPSA) is 60.9 Å². The number of anilines is 1. The SMILES string of the molecule is CC(C)N1CCN(c2ccc(C3(CC(=O)O)CC3)cc2)C1=O. The van der Waals surface area contributed by atoms with Gasteiger partial charge in [0.2, 0.25) is 0 Å². The molecule has 0 aromatic heterocycles. The summed E-state index contributed by atoms with van der Waals surface area (Å²) in [5.41, 5.74) is 1.79. The predicted octanol–water partition coefficient (Wildman–Crippen LogP) is 2.84. The molecule has 2 aliphatic rings. The number of amides is 2. The van der Waals surface area contributed by atoms with E-state index >= 15 is 0 Å². The number of carboxylic acid groups (broad SMARTS) is 1. The van der Waals surface area contributed by atoms with Crippen LogP contribution in [0.5, 0.6) is 0 Å². The van der Waals surface area contributed by atoms with Crippen LogP contribution >= 0.6 is 0 Å². The first-order valence-electron chi connectivity index (χ1n) is 7.83. The molecule has 2 fully saturated rings. The number of aliphatic carboxylic acids is 1. The number of rotatable bonds is 5. The van der Waals surface area contributed by atoms with Crippen LogP contribution in [0.15, 0.2) is 24.3 Å². The molecule has 2 amide bonds. The summed E-state index contributed by atoms with van der Waals surface area (Å²) >= 11 is 0. The average molecular weight is 302 g/mol. The quantitative estimate of drug-likeness (QED) is 0.910. The second-order valence-electron chi connectivity index (χ2n) is 6.62. The van der Waals surface area contributed by atoms with E-state index in [0.717, 1.165) is 30.6 Å². The highest BCUT2D eigenvalue weighted by molar-refractivity contribution is 5.94. The molecule has 1 heterocycles. The fraction of sp³-hybridized carbons (Fsp3) is 0.529. The van der Waals surface area contributed by atoms with Crippen LogP contribution in [0.1, 0.15) is 38.7 Å². The third-order valence-electron chi connectivity index (χ3n) is 4.80. The molecule has 22 heavy (non-hydrogen) atoms. The number of hydrogen-bond acceptors (Lipinski definition) is 2. The maximum atomic E-state index is 12.4.